The maximum Gasteiger partial charge on any atom is 0.320 e. The summed E-state index contributed by atoms with van der Waals surface area (Å²) in [6.07, 6.45) is 1.19. The summed E-state index contributed by atoms with van der Waals surface area (Å²) in [6.45, 7) is 0. The smallest absolute Gasteiger partial charge is 0.258 e. The zero-order valence-electron chi connectivity index (χ0n) is 6.06. The van der Waals surface area contributed by atoms with E-state index in [1.54, 1.807) is 24.3 Å². The Kier molecular flexibility index (Phi) is 3.26. The third kappa shape index (κ3) is 2.70. The first-order chi connectivity index (χ1) is 5.83. The number of rotatable bonds is 1. The number of hydrogen-bond acceptors (Lipinski definition) is 3. The lowest BCUT2D eigenvalue weighted by atomic mass is 10.4. The molecular formula is C8H5NO2S. The Morgan fingerprint density at radius 1 is 1.33 bits per heavy atom. The average Bonchev–Trinajstić information content (AvgIpc) is 2.06. The predicted octanol–water partition coefficient (Wildman–Crippen LogP) is 2.23. The maximum absolute atomic E-state index is 10.7. The van der Waals surface area contributed by atoms with E-state index in [0.717, 1.165) is 16.7 Å². The molecule has 1 amide bonds. The Morgan fingerprint density at radius 3 is 2.58 bits per heavy atom. The number of carbonyl (C=O) groups is 1. The van der Waals surface area contributed by atoms with E-state index in [0.29, 0.717) is 0 Å². The molecule has 0 aliphatic rings. The van der Waals surface area contributed by atoms with Gasteiger partial charge in [-0.2, -0.15) is 0 Å². The summed E-state index contributed by atoms with van der Waals surface area (Å²) in [5, 5.41) is -0.545. The lowest BCUT2D eigenvalue weighted by molar-refractivity contribution is 0.267. The van der Waals surface area contributed by atoms with Crippen LogP contribution in [-0.2, 0) is 4.79 Å². The summed E-state index contributed by atoms with van der Waals surface area (Å²) in [4.78, 5) is 24.1. The highest BCUT2D eigenvalue weighted by Gasteiger charge is 2.00. The van der Waals surface area contributed by atoms with Crippen LogP contribution < -0.4 is 0 Å². The van der Waals surface area contributed by atoms with Crippen molar-refractivity contribution in [2.24, 2.45) is 4.99 Å². The molecule has 1 aromatic carbocycles. The molecule has 0 saturated heterocycles. The van der Waals surface area contributed by atoms with Gasteiger partial charge < -0.3 is 0 Å². The molecular weight excluding hydrogens is 174 g/mol. The molecule has 0 saturated carbocycles. The second-order valence-corrected chi connectivity index (χ2v) is 2.91. The second kappa shape index (κ2) is 4.49. The summed E-state index contributed by atoms with van der Waals surface area (Å²) in [6, 6.07) is 8.99. The Labute approximate surface area is 73.5 Å². The van der Waals surface area contributed by atoms with Gasteiger partial charge >= 0.3 is 5.24 Å². The highest BCUT2D eigenvalue weighted by atomic mass is 32.2. The lowest BCUT2D eigenvalue weighted by Crippen LogP contribution is -1.80. The molecule has 0 N–H and O–H groups in total. The van der Waals surface area contributed by atoms with Crippen molar-refractivity contribution in [2.45, 2.75) is 4.90 Å². The van der Waals surface area contributed by atoms with E-state index in [1.165, 1.54) is 6.08 Å². The standard InChI is InChI=1S/C8H5NO2S/c10-6-9-8(11)12-7-4-2-1-3-5-7/h1-5H. The van der Waals surface area contributed by atoms with Gasteiger partial charge in [-0.1, -0.05) is 18.2 Å². The monoisotopic (exact) mass is 179 g/mol. The summed E-state index contributed by atoms with van der Waals surface area (Å²) in [5.74, 6) is 0. The molecule has 4 heteroatoms. The molecule has 0 unspecified atom stereocenters. The maximum atomic E-state index is 10.7. The minimum atomic E-state index is -0.545. The summed E-state index contributed by atoms with van der Waals surface area (Å²) >= 11 is 0.900. The Hall–Kier alpha value is -1.38. The number of thioether (sulfide) groups is 1. The van der Waals surface area contributed by atoms with Crippen molar-refractivity contribution in [1.82, 2.24) is 0 Å². The third-order valence-electron chi connectivity index (χ3n) is 1.09. The average molecular weight is 179 g/mol. The van der Waals surface area contributed by atoms with Crippen molar-refractivity contribution in [2.75, 3.05) is 0 Å². The van der Waals surface area contributed by atoms with Crippen molar-refractivity contribution in [3.05, 3.63) is 30.3 Å². The fourth-order valence-electron chi connectivity index (χ4n) is 0.649. The number of isocyanates is 1. The van der Waals surface area contributed by atoms with Crippen molar-refractivity contribution < 1.29 is 9.59 Å². The van der Waals surface area contributed by atoms with Crippen LogP contribution in [0.15, 0.2) is 40.2 Å². The van der Waals surface area contributed by atoms with Crippen molar-refractivity contribution >= 4 is 23.1 Å². The van der Waals surface area contributed by atoms with Gasteiger partial charge in [-0.15, -0.1) is 4.99 Å². The first-order valence-corrected chi connectivity index (χ1v) is 3.99. The number of nitrogens with zero attached hydrogens (tertiary/aromatic N) is 1. The van der Waals surface area contributed by atoms with E-state index in [1.807, 2.05) is 6.07 Å². The molecule has 1 rings (SSSR count). The summed E-state index contributed by atoms with van der Waals surface area (Å²) < 4.78 is 0. The Morgan fingerprint density at radius 2 is 2.00 bits per heavy atom. The molecule has 0 aliphatic heterocycles. The number of benzene rings is 1. The molecule has 1 aromatic rings. The van der Waals surface area contributed by atoms with Crippen LogP contribution in [0.25, 0.3) is 0 Å². The molecule has 0 atom stereocenters. The quantitative estimate of drug-likeness (QED) is 0.377. The fraction of sp³-hybridized carbons (Fsp3) is 0. The van der Waals surface area contributed by atoms with E-state index in [2.05, 4.69) is 4.99 Å². The fourth-order valence-corrected chi connectivity index (χ4v) is 1.23. The van der Waals surface area contributed by atoms with E-state index in [-0.39, 0.29) is 0 Å². The topological polar surface area (TPSA) is 46.5 Å². The van der Waals surface area contributed by atoms with Crippen LogP contribution in [0.2, 0.25) is 0 Å². The van der Waals surface area contributed by atoms with Gasteiger partial charge in [0.2, 0.25) is 6.08 Å². The molecule has 12 heavy (non-hydrogen) atoms. The van der Waals surface area contributed by atoms with E-state index in [4.69, 9.17) is 0 Å². The van der Waals surface area contributed by atoms with Crippen molar-refractivity contribution in [3.8, 4) is 0 Å². The minimum absolute atomic E-state index is 0.545. The van der Waals surface area contributed by atoms with Crippen molar-refractivity contribution in [1.29, 1.82) is 0 Å². The molecule has 0 aliphatic carbocycles. The summed E-state index contributed by atoms with van der Waals surface area (Å²) in [5.41, 5.74) is 0. The molecule has 0 heterocycles. The van der Waals surface area contributed by atoms with Gasteiger partial charge in [0.25, 0.3) is 0 Å². The van der Waals surface area contributed by atoms with Crippen LogP contribution >= 0.6 is 11.8 Å². The molecule has 0 fully saturated rings. The second-order valence-electron chi connectivity index (χ2n) is 1.88. The molecule has 0 aromatic heterocycles. The van der Waals surface area contributed by atoms with E-state index < -0.39 is 5.24 Å². The first kappa shape index (κ1) is 8.71. The molecule has 0 spiro atoms. The molecule has 3 nitrogen and oxygen atoms in total. The van der Waals surface area contributed by atoms with Gasteiger partial charge in [0.15, 0.2) is 0 Å². The van der Waals surface area contributed by atoms with Crippen LogP contribution in [0.3, 0.4) is 0 Å². The first-order valence-electron chi connectivity index (χ1n) is 3.17. The number of hydrogen-bond donors (Lipinski definition) is 0. The summed E-state index contributed by atoms with van der Waals surface area (Å²) in [7, 11) is 0. The molecule has 60 valence electrons. The van der Waals surface area contributed by atoms with Crippen LogP contribution in [0.1, 0.15) is 0 Å². The van der Waals surface area contributed by atoms with Gasteiger partial charge in [0.1, 0.15) is 0 Å². The van der Waals surface area contributed by atoms with Crippen LogP contribution in [0, 0.1) is 0 Å². The van der Waals surface area contributed by atoms with Gasteiger partial charge in [-0.25, -0.2) is 4.79 Å². The van der Waals surface area contributed by atoms with E-state index >= 15 is 0 Å². The van der Waals surface area contributed by atoms with Gasteiger partial charge in [0.05, 0.1) is 0 Å². The van der Waals surface area contributed by atoms with Gasteiger partial charge in [-0.05, 0) is 23.9 Å². The number of amides is 1. The zero-order chi connectivity index (χ0) is 8.81. The molecule has 0 bridgehead atoms. The Bertz CT molecular complexity index is 317. The van der Waals surface area contributed by atoms with Gasteiger partial charge in [-0.3, -0.25) is 4.79 Å². The van der Waals surface area contributed by atoms with Crippen LogP contribution in [0.5, 0.6) is 0 Å². The minimum Gasteiger partial charge on any atom is -0.258 e. The third-order valence-corrected chi connectivity index (χ3v) is 1.86. The SMILES string of the molecule is O=C=NC(=O)Sc1ccccc1. The lowest BCUT2D eigenvalue weighted by Gasteiger charge is -1.92. The predicted molar refractivity (Wildman–Crippen MR) is 45.8 cm³/mol. The van der Waals surface area contributed by atoms with Crippen LogP contribution in [0.4, 0.5) is 4.79 Å². The highest BCUT2D eigenvalue weighted by molar-refractivity contribution is 8.13. The van der Waals surface area contributed by atoms with E-state index in [9.17, 15) is 9.59 Å². The number of aliphatic imine (C=N–C) groups is 1. The van der Waals surface area contributed by atoms with Gasteiger partial charge in [0, 0.05) is 4.90 Å². The Balaban J connectivity index is 2.64. The largest absolute Gasteiger partial charge is 0.320 e. The zero-order valence-corrected chi connectivity index (χ0v) is 6.88. The number of carbonyl (C=O) groups excluding carboxylic acids is 2. The van der Waals surface area contributed by atoms with Crippen molar-refractivity contribution in [3.63, 3.8) is 0 Å². The molecule has 0 radical (unpaired) electrons. The van der Waals surface area contributed by atoms with Crippen LogP contribution in [-0.4, -0.2) is 11.3 Å². The normalized spacial score (nSPS) is 8.67. The highest BCUT2D eigenvalue weighted by Crippen LogP contribution is 2.18.